The summed E-state index contributed by atoms with van der Waals surface area (Å²) in [5.74, 6) is -1.22. The molecule has 0 rings (SSSR count). The van der Waals surface area contributed by atoms with Crippen LogP contribution in [-0.2, 0) is 9.36 Å². The van der Waals surface area contributed by atoms with Gasteiger partial charge in [0.15, 0.2) is 0 Å². The van der Waals surface area contributed by atoms with Gasteiger partial charge >= 0.3 is 68.2 Å². The third-order valence-corrected chi connectivity index (χ3v) is 1.38. The van der Waals surface area contributed by atoms with Crippen molar-refractivity contribution in [3.8, 4) is 5.63 Å². The predicted octanol–water partition coefficient (Wildman–Crippen LogP) is -0.131. The fourth-order valence-electron chi connectivity index (χ4n) is 0.457. The van der Waals surface area contributed by atoms with Gasteiger partial charge in [0.2, 0.25) is 0 Å². The van der Waals surface area contributed by atoms with Gasteiger partial charge in [-0.2, -0.15) is 0 Å². The van der Waals surface area contributed by atoms with Crippen molar-refractivity contribution in [2.24, 2.45) is 10.9 Å². The number of carboxylic acids is 1. The number of nitrogens with zero attached hydrogens (tertiary/aromatic N) is 1. The molecular weight excluding hydrogens is 183 g/mol. The van der Waals surface area contributed by atoms with Crippen molar-refractivity contribution >= 4 is 19.6 Å². The Kier molecular flexibility index (Phi) is 5.04. The van der Waals surface area contributed by atoms with Gasteiger partial charge in [-0.15, -0.1) is 0 Å². The van der Waals surface area contributed by atoms with E-state index in [1.807, 2.05) is 0 Å². The van der Waals surface area contributed by atoms with Crippen LogP contribution >= 0.6 is 7.92 Å². The van der Waals surface area contributed by atoms with Crippen LogP contribution in [0.3, 0.4) is 0 Å². The summed E-state index contributed by atoms with van der Waals surface area (Å²) in [4.78, 5) is 10.2. The number of hydrogen-bond acceptors (Lipinski definition) is 5. The normalized spacial score (nSPS) is 13.2. The first-order chi connectivity index (χ1) is 5.61. The zero-order valence-electron chi connectivity index (χ0n) is 5.97. The van der Waals surface area contributed by atoms with Gasteiger partial charge in [-0.05, 0) is 0 Å². The molecule has 0 aromatic heterocycles. The molecule has 0 saturated heterocycles. The molecule has 0 heterocycles. The second-order valence-electron chi connectivity index (χ2n) is 1.90. The summed E-state index contributed by atoms with van der Waals surface area (Å²) in [5, 5.41) is 19.2. The maximum absolute atomic E-state index is 10.2. The van der Waals surface area contributed by atoms with Crippen molar-refractivity contribution in [3.05, 3.63) is 0 Å². The number of nitrogens with two attached hydrogens (primary N) is 1. The van der Waals surface area contributed by atoms with Crippen LogP contribution in [0.15, 0.2) is 5.16 Å². The Morgan fingerprint density at radius 2 is 2.33 bits per heavy atom. The minimum absolute atomic E-state index is 0.137. The van der Waals surface area contributed by atoms with Crippen LogP contribution in [0, 0.1) is 5.63 Å². The number of carboxylic acid groups (broad SMARTS) is 1. The summed E-state index contributed by atoms with van der Waals surface area (Å²) in [6.07, 6.45) is -0.207. The van der Waals surface area contributed by atoms with Gasteiger partial charge in [-0.25, -0.2) is 0 Å². The zero-order valence-corrected chi connectivity index (χ0v) is 6.86. The molecule has 66 valence electrons. The van der Waals surface area contributed by atoms with Crippen LogP contribution < -0.4 is 5.73 Å². The van der Waals surface area contributed by atoms with Crippen molar-refractivity contribution in [1.82, 2.24) is 0 Å². The molecular formula is C5H7N2O4P. The van der Waals surface area contributed by atoms with Crippen molar-refractivity contribution in [1.29, 1.82) is 0 Å². The first-order valence-corrected chi connectivity index (χ1v) is 3.70. The molecule has 6 nitrogen and oxygen atoms in total. The predicted molar refractivity (Wildman–Crippen MR) is 40.9 cm³/mol. The molecule has 7 heteroatoms. The molecule has 0 aliphatic carbocycles. The molecule has 1 atom stereocenters. The Labute approximate surface area is 69.2 Å². The summed E-state index contributed by atoms with van der Waals surface area (Å²) >= 11 is 0. The number of aliphatic carboxylic acids is 1. The van der Waals surface area contributed by atoms with Gasteiger partial charge in [-0.1, -0.05) is 0 Å². The average Bonchev–Trinajstić information content (AvgIpc) is 2.03. The van der Waals surface area contributed by atoms with Crippen LogP contribution in [0.5, 0.6) is 0 Å². The van der Waals surface area contributed by atoms with E-state index in [1.165, 1.54) is 0 Å². The molecule has 0 bridgehead atoms. The average molecular weight is 190 g/mol. The molecule has 0 aliphatic heterocycles. The fourth-order valence-corrected chi connectivity index (χ4v) is 0.699. The van der Waals surface area contributed by atoms with Gasteiger partial charge < -0.3 is 0 Å². The van der Waals surface area contributed by atoms with Crippen LogP contribution in [0.1, 0.15) is 6.42 Å². The molecule has 12 heavy (non-hydrogen) atoms. The third kappa shape index (κ3) is 3.93. The van der Waals surface area contributed by atoms with Gasteiger partial charge in [-0.3, -0.25) is 0 Å². The van der Waals surface area contributed by atoms with E-state index in [0.717, 1.165) is 0 Å². The van der Waals surface area contributed by atoms with E-state index in [4.69, 9.17) is 16.0 Å². The maximum atomic E-state index is 10.2. The SMILES string of the molecule is N[C@@H](CC(C#P=O)=NO)C(=O)O. The van der Waals surface area contributed by atoms with E-state index >= 15 is 0 Å². The first-order valence-electron chi connectivity index (χ1n) is 2.89. The first kappa shape index (κ1) is 10.9. The van der Waals surface area contributed by atoms with Crippen LogP contribution in [0.25, 0.3) is 0 Å². The quantitative estimate of drug-likeness (QED) is 0.248. The van der Waals surface area contributed by atoms with Crippen molar-refractivity contribution in [3.63, 3.8) is 0 Å². The van der Waals surface area contributed by atoms with E-state index < -0.39 is 19.9 Å². The molecule has 0 aliphatic rings. The molecule has 0 amide bonds. The molecule has 0 aromatic carbocycles. The molecule has 0 unspecified atom stereocenters. The second kappa shape index (κ2) is 5.55. The van der Waals surface area contributed by atoms with E-state index in [-0.39, 0.29) is 12.1 Å². The van der Waals surface area contributed by atoms with Crippen LogP contribution in [0.4, 0.5) is 0 Å². The van der Waals surface area contributed by atoms with E-state index in [9.17, 15) is 9.36 Å². The summed E-state index contributed by atoms with van der Waals surface area (Å²) < 4.78 is 9.93. The standard InChI is InChI=1S/C5H7N2O4P/c6-4(5(8)9)1-3(7-10)2-12-11/h4,10H,1,6H2,(H,8,9)/t4-/m0/s1. The van der Waals surface area contributed by atoms with E-state index in [0.29, 0.717) is 0 Å². The molecule has 0 saturated carbocycles. The van der Waals surface area contributed by atoms with Gasteiger partial charge in [0.1, 0.15) is 0 Å². The van der Waals surface area contributed by atoms with Gasteiger partial charge in [0.05, 0.1) is 0 Å². The minimum atomic E-state index is -1.22. The van der Waals surface area contributed by atoms with E-state index in [2.05, 4.69) is 10.8 Å². The Hall–Kier alpha value is -1.09. The van der Waals surface area contributed by atoms with Crippen molar-refractivity contribution < 1.29 is 19.7 Å². The number of carbonyl (C=O) groups is 1. The number of rotatable bonds is 3. The summed E-state index contributed by atoms with van der Waals surface area (Å²) in [5.41, 5.74) is 7.04. The molecule has 0 spiro atoms. The Bertz CT molecular complexity index is 294. The summed E-state index contributed by atoms with van der Waals surface area (Å²) in [6.45, 7) is 0. The molecule has 0 radical (unpaired) electrons. The van der Waals surface area contributed by atoms with Gasteiger partial charge in [0, 0.05) is 0 Å². The van der Waals surface area contributed by atoms with Gasteiger partial charge in [0.25, 0.3) is 0 Å². The number of hydrogen-bond donors (Lipinski definition) is 3. The number of oxime groups is 1. The Morgan fingerprint density at radius 1 is 1.75 bits per heavy atom. The van der Waals surface area contributed by atoms with Crippen LogP contribution in [-0.4, -0.2) is 28.0 Å². The Balaban J connectivity index is 4.29. The Morgan fingerprint density at radius 3 is 2.67 bits per heavy atom. The fraction of sp³-hybridized carbons (Fsp3) is 0.400. The van der Waals surface area contributed by atoms with Crippen molar-refractivity contribution in [2.45, 2.75) is 12.5 Å². The topological polar surface area (TPSA) is 113 Å². The summed E-state index contributed by atoms with van der Waals surface area (Å²) in [7, 11) is -0.476. The molecule has 0 aromatic rings. The van der Waals surface area contributed by atoms with Crippen LogP contribution in [0.2, 0.25) is 0 Å². The third-order valence-electron chi connectivity index (χ3n) is 1.03. The second-order valence-corrected chi connectivity index (χ2v) is 2.30. The summed E-state index contributed by atoms with van der Waals surface area (Å²) in [6, 6.07) is -1.18. The molecule has 0 fully saturated rings. The monoisotopic (exact) mass is 190 g/mol. The zero-order chi connectivity index (χ0) is 9.56. The van der Waals surface area contributed by atoms with E-state index in [1.54, 1.807) is 0 Å². The van der Waals surface area contributed by atoms with Crippen molar-refractivity contribution in [2.75, 3.05) is 0 Å². The molecule has 4 N–H and O–H groups in total.